The number of benzene rings is 2. The molecule has 4 rings (SSSR count). The SMILES string of the molecule is CCSc1c(Cl)c2sc(=S)sc2c2c(SCC)c(Cl)c3sc(=S)sc3c12. The molecular weight excluding hydrogens is 520 g/mol. The minimum Gasteiger partial charge on any atom is -0.124 e. The lowest BCUT2D eigenvalue weighted by Crippen LogP contribution is -1.88. The number of halogens is 2. The first-order valence-electron chi connectivity index (χ1n) is 7.57. The Morgan fingerprint density at radius 2 is 1.04 bits per heavy atom. The van der Waals surface area contributed by atoms with Crippen molar-refractivity contribution in [1.82, 2.24) is 0 Å². The summed E-state index contributed by atoms with van der Waals surface area (Å²) in [5.41, 5.74) is 0. The quantitative estimate of drug-likeness (QED) is 0.190. The molecule has 0 fully saturated rings. The van der Waals surface area contributed by atoms with Gasteiger partial charge in [0.25, 0.3) is 0 Å². The van der Waals surface area contributed by atoms with Gasteiger partial charge in [0.1, 0.15) is 6.28 Å². The zero-order valence-electron chi connectivity index (χ0n) is 13.4. The van der Waals surface area contributed by atoms with Crippen molar-refractivity contribution in [2.24, 2.45) is 0 Å². The van der Waals surface area contributed by atoms with Crippen molar-refractivity contribution in [2.45, 2.75) is 23.6 Å². The van der Waals surface area contributed by atoms with Crippen LogP contribution in [-0.4, -0.2) is 11.5 Å². The van der Waals surface area contributed by atoms with Crippen molar-refractivity contribution in [3.63, 3.8) is 0 Å². The molecule has 0 aliphatic carbocycles. The van der Waals surface area contributed by atoms with Gasteiger partial charge in [-0.1, -0.05) is 61.5 Å². The topological polar surface area (TPSA) is 0 Å². The van der Waals surface area contributed by atoms with E-state index in [1.165, 1.54) is 10.8 Å². The van der Waals surface area contributed by atoms with Crippen LogP contribution in [0.2, 0.25) is 10.0 Å². The second-order valence-electron chi connectivity index (χ2n) is 5.13. The maximum absolute atomic E-state index is 6.88. The second-order valence-corrected chi connectivity index (χ2v) is 14.9. The summed E-state index contributed by atoms with van der Waals surface area (Å²) in [6, 6.07) is 0. The van der Waals surface area contributed by atoms with Crippen molar-refractivity contribution < 1.29 is 0 Å². The lowest BCUT2D eigenvalue weighted by Gasteiger charge is -2.15. The molecule has 0 atom stereocenters. The van der Waals surface area contributed by atoms with E-state index in [0.29, 0.717) is 0 Å². The smallest absolute Gasteiger partial charge is 0.124 e. The maximum Gasteiger partial charge on any atom is 0.144 e. The van der Waals surface area contributed by atoms with E-state index in [9.17, 15) is 0 Å². The highest BCUT2D eigenvalue weighted by atomic mass is 35.5. The summed E-state index contributed by atoms with van der Waals surface area (Å²) in [5.74, 6) is 1.90. The molecule has 10 heteroatoms. The monoisotopic (exact) mass is 528 g/mol. The third-order valence-corrected chi connectivity index (χ3v) is 12.2. The fourth-order valence-electron chi connectivity index (χ4n) is 2.82. The largest absolute Gasteiger partial charge is 0.144 e. The van der Waals surface area contributed by atoms with E-state index in [1.54, 1.807) is 68.9 Å². The number of hydrogen-bond acceptors (Lipinski definition) is 8. The van der Waals surface area contributed by atoms with E-state index in [-0.39, 0.29) is 0 Å². The van der Waals surface area contributed by atoms with Gasteiger partial charge in [0, 0.05) is 20.6 Å². The molecule has 0 radical (unpaired) electrons. The van der Waals surface area contributed by atoms with E-state index in [0.717, 1.165) is 56.4 Å². The normalized spacial score (nSPS) is 12.0. The number of hydrogen-bond donors (Lipinski definition) is 0. The van der Waals surface area contributed by atoms with Gasteiger partial charge in [0.2, 0.25) is 0 Å². The van der Waals surface area contributed by atoms with Crippen LogP contribution in [0.3, 0.4) is 0 Å². The van der Waals surface area contributed by atoms with Gasteiger partial charge < -0.3 is 0 Å². The standard InChI is InChI=1S/C16H10Cl2S8/c1-3-21-9-5-6(12-13(7(9)17)25-16(20)24-12)10(22-4-2)8(18)14-11(5)23-15(19)26-14/h3-4H2,1-2H3. The van der Waals surface area contributed by atoms with Crippen molar-refractivity contribution in [3.05, 3.63) is 16.3 Å². The molecule has 0 saturated heterocycles. The van der Waals surface area contributed by atoms with Crippen LogP contribution in [0.25, 0.3) is 29.6 Å². The van der Waals surface area contributed by atoms with Gasteiger partial charge in [0.15, 0.2) is 0 Å². The molecule has 2 aromatic heterocycles. The van der Waals surface area contributed by atoms with Gasteiger partial charge in [-0.05, 0) is 11.5 Å². The first-order chi connectivity index (χ1) is 12.5. The molecule has 0 aliphatic rings. The van der Waals surface area contributed by atoms with Crippen LogP contribution in [0.4, 0.5) is 0 Å². The maximum atomic E-state index is 6.88. The van der Waals surface area contributed by atoms with E-state index >= 15 is 0 Å². The Kier molecular flexibility index (Phi) is 6.29. The Balaban J connectivity index is 2.41. The van der Waals surface area contributed by atoms with Crippen LogP contribution in [0.1, 0.15) is 13.8 Å². The molecule has 2 aromatic carbocycles. The highest BCUT2D eigenvalue weighted by molar-refractivity contribution is 8.00. The van der Waals surface area contributed by atoms with E-state index in [2.05, 4.69) is 13.8 Å². The Morgan fingerprint density at radius 3 is 1.38 bits per heavy atom. The third-order valence-electron chi connectivity index (χ3n) is 3.69. The second kappa shape index (κ2) is 8.05. The molecule has 0 N–H and O–H groups in total. The molecule has 0 unspecified atom stereocenters. The zero-order chi connectivity index (χ0) is 18.6. The van der Waals surface area contributed by atoms with Crippen molar-refractivity contribution >= 4 is 146 Å². The summed E-state index contributed by atoms with van der Waals surface area (Å²) in [5, 5.41) is 4.03. The molecule has 136 valence electrons. The van der Waals surface area contributed by atoms with Gasteiger partial charge in [-0.25, -0.2) is 0 Å². The molecule has 26 heavy (non-hydrogen) atoms. The lowest BCUT2D eigenvalue weighted by atomic mass is 10.1. The van der Waals surface area contributed by atoms with Crippen molar-refractivity contribution in [3.8, 4) is 0 Å². The van der Waals surface area contributed by atoms with E-state index in [1.807, 2.05) is 0 Å². The van der Waals surface area contributed by atoms with Gasteiger partial charge in [-0.15, -0.1) is 68.9 Å². The van der Waals surface area contributed by atoms with Crippen LogP contribution < -0.4 is 0 Å². The minimum atomic E-state index is 0.817. The highest BCUT2D eigenvalue weighted by Gasteiger charge is 2.24. The predicted molar refractivity (Wildman–Crippen MR) is 135 cm³/mol. The Bertz CT molecular complexity index is 1170. The minimum absolute atomic E-state index is 0.817. The highest BCUT2D eigenvalue weighted by Crippen LogP contribution is 2.54. The molecular formula is C16H10Cl2S8. The summed E-state index contributed by atoms with van der Waals surface area (Å²) < 4.78 is 6.26. The summed E-state index contributed by atoms with van der Waals surface area (Å²) in [7, 11) is 0. The fourth-order valence-corrected chi connectivity index (χ4v) is 11.1. The lowest BCUT2D eigenvalue weighted by molar-refractivity contribution is 1.48. The van der Waals surface area contributed by atoms with Crippen molar-refractivity contribution in [2.75, 3.05) is 11.5 Å². The van der Waals surface area contributed by atoms with E-state index in [4.69, 9.17) is 47.6 Å². The zero-order valence-corrected chi connectivity index (χ0v) is 21.5. The molecule has 0 spiro atoms. The fraction of sp³-hybridized carbons (Fsp3) is 0.250. The first-order valence-corrected chi connectivity index (χ1v) is 14.4. The predicted octanol–water partition coefficient (Wildman–Crippen LogP) is 10.4. The molecule has 0 amide bonds. The first kappa shape index (κ1) is 20.3. The third kappa shape index (κ3) is 3.22. The van der Waals surface area contributed by atoms with Crippen LogP contribution in [0, 0.1) is 6.28 Å². The molecule has 2 heterocycles. The molecule has 0 saturated carbocycles. The van der Waals surface area contributed by atoms with Crippen LogP contribution >= 0.6 is 117 Å². The van der Waals surface area contributed by atoms with Gasteiger partial charge in [0.05, 0.1) is 28.8 Å². The Hall–Kier alpha value is 1.04. The number of fused-ring (bicyclic) bond motifs is 5. The van der Waals surface area contributed by atoms with Crippen LogP contribution in [-0.2, 0) is 0 Å². The number of rotatable bonds is 4. The van der Waals surface area contributed by atoms with Gasteiger partial charge >= 0.3 is 0 Å². The van der Waals surface area contributed by atoms with Gasteiger partial charge in [-0.2, -0.15) is 0 Å². The average Bonchev–Trinajstić information content (AvgIpc) is 3.17. The molecule has 4 aromatic rings. The summed E-state index contributed by atoms with van der Waals surface area (Å²) >= 11 is 34.8. The molecule has 0 nitrogen and oxygen atoms in total. The van der Waals surface area contributed by atoms with E-state index < -0.39 is 0 Å². The molecule has 0 aliphatic heterocycles. The van der Waals surface area contributed by atoms with Crippen LogP contribution in [0.15, 0.2) is 9.79 Å². The summed E-state index contributed by atoms with van der Waals surface area (Å²) in [6.45, 7) is 4.30. The van der Waals surface area contributed by atoms with Crippen molar-refractivity contribution in [1.29, 1.82) is 0 Å². The summed E-state index contributed by atoms with van der Waals surface area (Å²) in [4.78, 5) is 2.26. The molecule has 0 bridgehead atoms. The average molecular weight is 530 g/mol. The summed E-state index contributed by atoms with van der Waals surface area (Å²) in [6.07, 6.45) is 0. The number of thioether (sulfide) groups is 2. The Labute approximate surface area is 195 Å². The Morgan fingerprint density at radius 1 is 0.692 bits per heavy atom. The van der Waals surface area contributed by atoms with Gasteiger partial charge in [-0.3, -0.25) is 0 Å². The van der Waals surface area contributed by atoms with Crippen LogP contribution in [0.5, 0.6) is 0 Å².